The SMILES string of the molecule is C=CC.CC(C)CC=O.CN1CC(C)(C)C1. The van der Waals surface area contributed by atoms with Gasteiger partial charge < -0.3 is 9.69 Å². The Morgan fingerprint density at radius 2 is 1.75 bits per heavy atom. The van der Waals surface area contributed by atoms with Gasteiger partial charge in [0.15, 0.2) is 0 Å². The van der Waals surface area contributed by atoms with Crippen molar-refractivity contribution in [1.29, 1.82) is 0 Å². The molecule has 2 nitrogen and oxygen atoms in total. The second kappa shape index (κ2) is 9.59. The second-order valence-electron chi connectivity index (χ2n) is 5.54. The van der Waals surface area contributed by atoms with E-state index in [-0.39, 0.29) is 0 Å². The lowest BCUT2D eigenvalue weighted by Crippen LogP contribution is -2.50. The highest BCUT2D eigenvalue weighted by Gasteiger charge is 2.30. The van der Waals surface area contributed by atoms with Crippen LogP contribution in [0.1, 0.15) is 41.0 Å². The van der Waals surface area contributed by atoms with Crippen LogP contribution in [0.4, 0.5) is 0 Å². The molecule has 0 spiro atoms. The summed E-state index contributed by atoms with van der Waals surface area (Å²) in [6.45, 7) is 16.4. The number of allylic oxidation sites excluding steroid dienone is 1. The van der Waals surface area contributed by atoms with E-state index in [4.69, 9.17) is 0 Å². The average Bonchev–Trinajstić information content (AvgIpc) is 2.02. The molecule has 16 heavy (non-hydrogen) atoms. The monoisotopic (exact) mass is 227 g/mol. The van der Waals surface area contributed by atoms with E-state index in [0.29, 0.717) is 17.8 Å². The van der Waals surface area contributed by atoms with E-state index in [1.54, 1.807) is 6.08 Å². The van der Waals surface area contributed by atoms with Crippen molar-refractivity contribution in [2.24, 2.45) is 11.3 Å². The maximum Gasteiger partial charge on any atom is 0.120 e. The lowest BCUT2D eigenvalue weighted by atomic mass is 9.85. The number of hydrogen-bond donors (Lipinski definition) is 0. The summed E-state index contributed by atoms with van der Waals surface area (Å²) in [6.07, 6.45) is 3.39. The molecule has 96 valence electrons. The summed E-state index contributed by atoms with van der Waals surface area (Å²) < 4.78 is 0. The van der Waals surface area contributed by atoms with Gasteiger partial charge in [-0.1, -0.05) is 33.8 Å². The highest BCUT2D eigenvalue weighted by atomic mass is 16.1. The molecule has 0 atom stereocenters. The van der Waals surface area contributed by atoms with Gasteiger partial charge in [0.05, 0.1) is 0 Å². The number of nitrogens with zero attached hydrogens (tertiary/aromatic N) is 1. The highest BCUT2D eigenvalue weighted by Crippen LogP contribution is 2.26. The van der Waals surface area contributed by atoms with Gasteiger partial charge in [0, 0.05) is 19.5 Å². The van der Waals surface area contributed by atoms with Gasteiger partial charge in [-0.2, -0.15) is 0 Å². The number of hydrogen-bond acceptors (Lipinski definition) is 2. The van der Waals surface area contributed by atoms with Crippen molar-refractivity contribution in [3.05, 3.63) is 12.7 Å². The van der Waals surface area contributed by atoms with E-state index in [0.717, 1.165) is 6.29 Å². The summed E-state index contributed by atoms with van der Waals surface area (Å²) in [6, 6.07) is 0. The Kier molecular flexibility index (Phi) is 10.6. The van der Waals surface area contributed by atoms with Crippen LogP contribution in [0.3, 0.4) is 0 Å². The Morgan fingerprint density at radius 3 is 1.75 bits per heavy atom. The Morgan fingerprint density at radius 1 is 1.38 bits per heavy atom. The van der Waals surface area contributed by atoms with Crippen molar-refractivity contribution in [2.45, 2.75) is 41.0 Å². The largest absolute Gasteiger partial charge is 0.305 e. The van der Waals surface area contributed by atoms with E-state index in [1.807, 2.05) is 20.8 Å². The van der Waals surface area contributed by atoms with E-state index < -0.39 is 0 Å². The van der Waals surface area contributed by atoms with Gasteiger partial charge in [0.2, 0.25) is 0 Å². The van der Waals surface area contributed by atoms with Gasteiger partial charge >= 0.3 is 0 Å². The van der Waals surface area contributed by atoms with Gasteiger partial charge in [-0.05, 0) is 25.3 Å². The number of carbonyl (C=O) groups excluding carboxylic acids is 1. The van der Waals surface area contributed by atoms with E-state index >= 15 is 0 Å². The Labute approximate surface area is 102 Å². The summed E-state index contributed by atoms with van der Waals surface area (Å²) in [4.78, 5) is 11.9. The van der Waals surface area contributed by atoms with Crippen LogP contribution in [0.2, 0.25) is 0 Å². The van der Waals surface area contributed by atoms with Crippen LogP contribution in [0.15, 0.2) is 12.7 Å². The van der Waals surface area contributed by atoms with Crippen LogP contribution in [0, 0.1) is 11.3 Å². The van der Waals surface area contributed by atoms with Crippen molar-refractivity contribution in [1.82, 2.24) is 4.90 Å². The van der Waals surface area contributed by atoms with Crippen molar-refractivity contribution in [2.75, 3.05) is 20.1 Å². The third-order valence-electron chi connectivity index (χ3n) is 1.96. The van der Waals surface area contributed by atoms with Crippen LogP contribution in [-0.2, 0) is 4.79 Å². The fourth-order valence-electron chi connectivity index (χ4n) is 1.61. The molecule has 1 saturated heterocycles. The summed E-state index contributed by atoms with van der Waals surface area (Å²) in [5.74, 6) is 0.530. The van der Waals surface area contributed by atoms with Crippen LogP contribution in [0.25, 0.3) is 0 Å². The lowest BCUT2D eigenvalue weighted by Gasteiger charge is -2.43. The molecule has 0 aromatic heterocycles. The molecule has 0 aromatic carbocycles. The quantitative estimate of drug-likeness (QED) is 0.532. The van der Waals surface area contributed by atoms with Gasteiger partial charge in [-0.15, -0.1) is 6.58 Å². The van der Waals surface area contributed by atoms with Crippen molar-refractivity contribution >= 4 is 6.29 Å². The molecule has 0 radical (unpaired) electrons. The minimum Gasteiger partial charge on any atom is -0.305 e. The molecule has 1 rings (SSSR count). The zero-order chi connectivity index (χ0) is 13.2. The minimum atomic E-state index is 0.530. The lowest BCUT2D eigenvalue weighted by molar-refractivity contribution is -0.108. The Hall–Kier alpha value is -0.630. The molecular formula is C14H29NO. The van der Waals surface area contributed by atoms with Gasteiger partial charge in [-0.3, -0.25) is 0 Å². The first-order chi connectivity index (χ1) is 7.29. The molecule has 1 fully saturated rings. The fourth-order valence-corrected chi connectivity index (χ4v) is 1.61. The smallest absolute Gasteiger partial charge is 0.120 e. The standard InChI is InChI=1S/C6H13N.C5H10O.C3H6/c1-6(2)4-7(3)5-6;1-5(2)3-4-6;1-3-2/h4-5H2,1-3H3;4-5H,3H2,1-2H3;3H,1H2,2H3. The summed E-state index contributed by atoms with van der Waals surface area (Å²) in [7, 11) is 2.16. The maximum atomic E-state index is 9.62. The molecular weight excluding hydrogens is 198 g/mol. The summed E-state index contributed by atoms with van der Waals surface area (Å²) >= 11 is 0. The molecule has 1 heterocycles. The number of likely N-dealkylation sites (tertiary alicyclic amines) is 1. The molecule has 0 aromatic rings. The minimum absolute atomic E-state index is 0.530. The summed E-state index contributed by atoms with van der Waals surface area (Å²) in [5.41, 5.74) is 0.620. The Bertz CT molecular complexity index is 177. The molecule has 0 aliphatic carbocycles. The number of carbonyl (C=O) groups is 1. The van der Waals surface area contributed by atoms with Gasteiger partial charge in [-0.25, -0.2) is 0 Å². The average molecular weight is 227 g/mol. The van der Waals surface area contributed by atoms with Crippen LogP contribution >= 0.6 is 0 Å². The van der Waals surface area contributed by atoms with Gasteiger partial charge in [0.1, 0.15) is 6.29 Å². The molecule has 0 saturated carbocycles. The number of rotatable bonds is 2. The molecule has 0 amide bonds. The highest BCUT2D eigenvalue weighted by molar-refractivity contribution is 5.49. The van der Waals surface area contributed by atoms with E-state index in [2.05, 4.69) is 32.4 Å². The van der Waals surface area contributed by atoms with Gasteiger partial charge in [0.25, 0.3) is 0 Å². The van der Waals surface area contributed by atoms with Crippen LogP contribution in [-0.4, -0.2) is 31.3 Å². The van der Waals surface area contributed by atoms with Crippen molar-refractivity contribution in [3.8, 4) is 0 Å². The first-order valence-electron chi connectivity index (χ1n) is 5.98. The summed E-state index contributed by atoms with van der Waals surface area (Å²) in [5, 5.41) is 0. The van der Waals surface area contributed by atoms with Crippen molar-refractivity contribution < 1.29 is 4.79 Å². The third-order valence-corrected chi connectivity index (χ3v) is 1.96. The predicted octanol–water partition coefficient (Wildman–Crippen LogP) is 3.38. The van der Waals surface area contributed by atoms with E-state index in [9.17, 15) is 4.79 Å². The molecule has 0 bridgehead atoms. The number of aldehydes is 1. The zero-order valence-corrected chi connectivity index (χ0v) is 11.9. The topological polar surface area (TPSA) is 20.3 Å². The van der Waals surface area contributed by atoms with Crippen LogP contribution < -0.4 is 0 Å². The Balaban J connectivity index is 0. The molecule has 0 N–H and O–H groups in total. The molecule has 0 unspecified atom stereocenters. The molecule has 2 heteroatoms. The first kappa shape index (κ1) is 17.8. The molecule has 1 aliphatic rings. The predicted molar refractivity (Wildman–Crippen MR) is 72.7 cm³/mol. The molecule has 1 aliphatic heterocycles. The third kappa shape index (κ3) is 13.4. The van der Waals surface area contributed by atoms with Crippen molar-refractivity contribution in [3.63, 3.8) is 0 Å². The van der Waals surface area contributed by atoms with E-state index in [1.165, 1.54) is 13.1 Å². The second-order valence-corrected chi connectivity index (χ2v) is 5.54. The van der Waals surface area contributed by atoms with Crippen LogP contribution in [0.5, 0.6) is 0 Å². The fraction of sp³-hybridized carbons (Fsp3) is 0.786. The maximum absolute atomic E-state index is 9.62. The zero-order valence-electron chi connectivity index (χ0n) is 11.9. The first-order valence-corrected chi connectivity index (χ1v) is 5.98. The normalized spacial score (nSPS) is 17.2.